The molecule has 0 aliphatic carbocycles. The lowest BCUT2D eigenvalue weighted by atomic mass is 9.92. The number of carbonyl (C=O) groups is 1. The highest BCUT2D eigenvalue weighted by Gasteiger charge is 2.46. The van der Waals surface area contributed by atoms with Gasteiger partial charge in [-0.1, -0.05) is 13.3 Å². The van der Waals surface area contributed by atoms with Crippen LogP contribution < -0.4 is 0 Å². The Bertz CT molecular complexity index is 202. The van der Waals surface area contributed by atoms with Crippen LogP contribution >= 0.6 is 0 Å². The van der Waals surface area contributed by atoms with Gasteiger partial charge in [-0.25, -0.2) is 0 Å². The van der Waals surface area contributed by atoms with E-state index in [-0.39, 0.29) is 24.1 Å². The molecule has 2 aliphatic heterocycles. The normalized spacial score (nSPS) is 38.5. The molecule has 3 atom stereocenters. The van der Waals surface area contributed by atoms with E-state index in [1.807, 2.05) is 0 Å². The van der Waals surface area contributed by atoms with Gasteiger partial charge in [-0.05, 0) is 19.3 Å². The smallest absolute Gasteiger partial charge is 0.312 e. The van der Waals surface area contributed by atoms with E-state index in [4.69, 9.17) is 9.47 Å². The molecule has 0 radical (unpaired) electrons. The zero-order chi connectivity index (χ0) is 9.26. The third kappa shape index (κ3) is 1.57. The van der Waals surface area contributed by atoms with Crippen molar-refractivity contribution in [2.45, 2.75) is 44.8 Å². The number of cyclic esters (lactones) is 1. The largest absolute Gasteiger partial charge is 0.459 e. The highest BCUT2D eigenvalue weighted by Crippen LogP contribution is 2.33. The molecule has 13 heavy (non-hydrogen) atoms. The third-order valence-electron chi connectivity index (χ3n) is 2.88. The van der Waals surface area contributed by atoms with Crippen LogP contribution in [-0.4, -0.2) is 24.8 Å². The molecule has 3 unspecified atom stereocenters. The van der Waals surface area contributed by atoms with Gasteiger partial charge >= 0.3 is 5.97 Å². The van der Waals surface area contributed by atoms with Crippen LogP contribution in [0.2, 0.25) is 0 Å². The van der Waals surface area contributed by atoms with Crippen molar-refractivity contribution in [2.24, 2.45) is 5.92 Å². The molecule has 0 saturated carbocycles. The van der Waals surface area contributed by atoms with Gasteiger partial charge in [0.05, 0.1) is 5.92 Å². The van der Waals surface area contributed by atoms with Gasteiger partial charge in [-0.15, -0.1) is 0 Å². The van der Waals surface area contributed by atoms with Crippen molar-refractivity contribution in [3.63, 3.8) is 0 Å². The Morgan fingerprint density at radius 3 is 3.15 bits per heavy atom. The molecule has 2 rings (SSSR count). The Kier molecular flexibility index (Phi) is 2.54. The summed E-state index contributed by atoms with van der Waals surface area (Å²) in [4.78, 5) is 11.4. The molecule has 0 amide bonds. The molecule has 0 spiro atoms. The molecule has 2 aliphatic rings. The second-order valence-corrected chi connectivity index (χ2v) is 3.85. The van der Waals surface area contributed by atoms with Crippen LogP contribution in [0.5, 0.6) is 0 Å². The van der Waals surface area contributed by atoms with E-state index < -0.39 is 0 Å². The van der Waals surface area contributed by atoms with Gasteiger partial charge in [0.25, 0.3) is 0 Å². The fourth-order valence-electron chi connectivity index (χ4n) is 2.23. The molecule has 0 N–H and O–H groups in total. The van der Waals surface area contributed by atoms with Gasteiger partial charge < -0.3 is 9.47 Å². The third-order valence-corrected chi connectivity index (χ3v) is 2.88. The van der Waals surface area contributed by atoms with Crippen LogP contribution in [0.4, 0.5) is 0 Å². The molecule has 0 bridgehead atoms. The van der Waals surface area contributed by atoms with Crippen LogP contribution in [0.3, 0.4) is 0 Å². The van der Waals surface area contributed by atoms with Gasteiger partial charge in [0.2, 0.25) is 0 Å². The van der Waals surface area contributed by atoms with E-state index >= 15 is 0 Å². The Morgan fingerprint density at radius 1 is 1.54 bits per heavy atom. The summed E-state index contributed by atoms with van der Waals surface area (Å²) in [5, 5.41) is 0. The Morgan fingerprint density at radius 2 is 2.38 bits per heavy atom. The van der Waals surface area contributed by atoms with E-state index in [0.29, 0.717) is 0 Å². The van der Waals surface area contributed by atoms with Crippen LogP contribution in [0, 0.1) is 5.92 Å². The van der Waals surface area contributed by atoms with Gasteiger partial charge in [0.15, 0.2) is 0 Å². The number of rotatable bonds is 2. The summed E-state index contributed by atoms with van der Waals surface area (Å²) in [7, 11) is 0. The fraction of sp³-hybridized carbons (Fsp3) is 0.900. The van der Waals surface area contributed by atoms with Crippen molar-refractivity contribution in [1.29, 1.82) is 0 Å². The Labute approximate surface area is 78.4 Å². The summed E-state index contributed by atoms with van der Waals surface area (Å²) in [5.41, 5.74) is 0. The van der Waals surface area contributed by atoms with Crippen molar-refractivity contribution in [3.8, 4) is 0 Å². The first-order chi connectivity index (χ1) is 6.33. The van der Waals surface area contributed by atoms with Crippen LogP contribution in [0.25, 0.3) is 0 Å². The van der Waals surface area contributed by atoms with Gasteiger partial charge in [0, 0.05) is 6.61 Å². The zero-order valence-electron chi connectivity index (χ0n) is 7.99. The first-order valence-corrected chi connectivity index (χ1v) is 5.15. The number of hydrogen-bond donors (Lipinski definition) is 0. The van der Waals surface area contributed by atoms with Crippen molar-refractivity contribution < 1.29 is 14.3 Å². The van der Waals surface area contributed by atoms with E-state index in [1.165, 1.54) is 0 Å². The van der Waals surface area contributed by atoms with E-state index in [1.54, 1.807) is 0 Å². The summed E-state index contributed by atoms with van der Waals surface area (Å²) < 4.78 is 10.9. The highest BCUT2D eigenvalue weighted by molar-refractivity contribution is 5.75. The Balaban J connectivity index is 2.04. The lowest BCUT2D eigenvalue weighted by Crippen LogP contribution is -2.34. The molecule has 3 heteroatoms. The molecule has 2 heterocycles. The fourth-order valence-corrected chi connectivity index (χ4v) is 2.23. The summed E-state index contributed by atoms with van der Waals surface area (Å²) in [6.45, 7) is 2.89. The average molecular weight is 184 g/mol. The van der Waals surface area contributed by atoms with E-state index in [9.17, 15) is 4.79 Å². The number of carbonyl (C=O) groups excluding carboxylic acids is 1. The molecule has 74 valence electrons. The second-order valence-electron chi connectivity index (χ2n) is 3.85. The number of ether oxygens (including phenoxy) is 2. The Hall–Kier alpha value is -0.570. The van der Waals surface area contributed by atoms with Crippen molar-refractivity contribution in [1.82, 2.24) is 0 Å². The predicted octanol–water partition coefficient (Wildman–Crippen LogP) is 1.51. The molecule has 0 aromatic rings. The van der Waals surface area contributed by atoms with Gasteiger partial charge in [0.1, 0.15) is 12.2 Å². The van der Waals surface area contributed by atoms with Gasteiger partial charge in [-0.2, -0.15) is 0 Å². The van der Waals surface area contributed by atoms with Crippen molar-refractivity contribution >= 4 is 5.97 Å². The second kappa shape index (κ2) is 3.66. The topological polar surface area (TPSA) is 35.5 Å². The molecular formula is C10H16O3. The number of fused-ring (bicyclic) bond motifs is 1. The zero-order valence-corrected chi connectivity index (χ0v) is 7.99. The molecule has 0 aromatic carbocycles. The van der Waals surface area contributed by atoms with Crippen LogP contribution in [-0.2, 0) is 14.3 Å². The summed E-state index contributed by atoms with van der Waals surface area (Å²) in [5.74, 6) is -0.00606. The monoisotopic (exact) mass is 184 g/mol. The minimum Gasteiger partial charge on any atom is -0.459 e. The molecular weight excluding hydrogens is 168 g/mol. The predicted molar refractivity (Wildman–Crippen MR) is 47.3 cm³/mol. The van der Waals surface area contributed by atoms with Gasteiger partial charge in [-0.3, -0.25) is 4.79 Å². The summed E-state index contributed by atoms with van der Waals surface area (Å²) >= 11 is 0. The van der Waals surface area contributed by atoms with Crippen molar-refractivity contribution in [2.75, 3.05) is 6.61 Å². The number of hydrogen-bond acceptors (Lipinski definition) is 3. The van der Waals surface area contributed by atoms with Crippen LogP contribution in [0.15, 0.2) is 0 Å². The lowest BCUT2D eigenvalue weighted by Gasteiger charge is -2.25. The maximum Gasteiger partial charge on any atom is 0.312 e. The van der Waals surface area contributed by atoms with Crippen molar-refractivity contribution in [3.05, 3.63) is 0 Å². The SMILES string of the molecule is CCCC1OC(=O)C2CCCOC12. The molecule has 2 fully saturated rings. The molecule has 0 aromatic heterocycles. The molecule has 2 saturated heterocycles. The van der Waals surface area contributed by atoms with E-state index in [0.717, 1.165) is 32.3 Å². The summed E-state index contributed by atoms with van der Waals surface area (Å²) in [6.07, 6.45) is 4.01. The molecule has 3 nitrogen and oxygen atoms in total. The van der Waals surface area contributed by atoms with E-state index in [2.05, 4.69) is 6.92 Å². The standard InChI is InChI=1S/C10H16O3/c1-2-4-8-9-7(10(11)13-8)5-3-6-12-9/h7-9H,2-6H2,1H3. The maximum absolute atomic E-state index is 11.4. The minimum absolute atomic E-state index is 0.0304. The maximum atomic E-state index is 11.4. The van der Waals surface area contributed by atoms with Crippen LogP contribution in [0.1, 0.15) is 32.6 Å². The highest BCUT2D eigenvalue weighted by atomic mass is 16.6. The first kappa shape index (κ1) is 9.00. The lowest BCUT2D eigenvalue weighted by molar-refractivity contribution is -0.144. The quantitative estimate of drug-likeness (QED) is 0.610. The summed E-state index contributed by atoms with van der Waals surface area (Å²) in [6, 6.07) is 0. The average Bonchev–Trinajstić information content (AvgIpc) is 2.46. The minimum atomic E-state index is -0.0387. The number of esters is 1. The first-order valence-electron chi connectivity index (χ1n) is 5.15.